The van der Waals surface area contributed by atoms with Crippen molar-refractivity contribution < 1.29 is 24.1 Å². The summed E-state index contributed by atoms with van der Waals surface area (Å²) in [5.74, 6) is 1.17. The lowest BCUT2D eigenvalue weighted by atomic mass is 10.1. The number of phenolic OH excluding ortho intramolecular Hbond substituents is 1. The predicted molar refractivity (Wildman–Crippen MR) is 110 cm³/mol. The molecular weight excluding hydrogens is 370 g/mol. The third-order valence-electron chi connectivity index (χ3n) is 4.37. The molecule has 0 atom stereocenters. The maximum Gasteiger partial charge on any atom is 0.255 e. The average Bonchev–Trinajstić information content (AvgIpc) is 2.76. The molecule has 6 nitrogen and oxygen atoms in total. The molecule has 3 aromatic carbocycles. The first-order valence-corrected chi connectivity index (χ1v) is 9.09. The number of phenols is 1. The molecule has 0 fully saturated rings. The summed E-state index contributed by atoms with van der Waals surface area (Å²) in [7, 11) is 3.07. The zero-order chi connectivity index (χ0) is 20.6. The van der Waals surface area contributed by atoms with Crippen LogP contribution in [0, 0.1) is 0 Å². The van der Waals surface area contributed by atoms with Gasteiger partial charge in [-0.1, -0.05) is 36.4 Å². The largest absolute Gasteiger partial charge is 0.507 e. The quantitative estimate of drug-likeness (QED) is 0.607. The van der Waals surface area contributed by atoms with E-state index in [1.807, 2.05) is 48.5 Å². The molecule has 0 heterocycles. The molecule has 0 spiro atoms. The van der Waals surface area contributed by atoms with Gasteiger partial charge in [-0.3, -0.25) is 4.79 Å². The van der Waals surface area contributed by atoms with Gasteiger partial charge in [-0.25, -0.2) is 0 Å². The number of benzene rings is 3. The second-order valence-corrected chi connectivity index (χ2v) is 6.33. The van der Waals surface area contributed by atoms with Crippen LogP contribution in [-0.2, 0) is 13.2 Å². The molecular formula is C23H23NO5. The maximum absolute atomic E-state index is 12.4. The average molecular weight is 393 g/mol. The van der Waals surface area contributed by atoms with E-state index in [1.54, 1.807) is 13.2 Å². The van der Waals surface area contributed by atoms with Crippen molar-refractivity contribution >= 4 is 5.91 Å². The Morgan fingerprint density at radius 1 is 0.897 bits per heavy atom. The van der Waals surface area contributed by atoms with Gasteiger partial charge in [0.2, 0.25) is 0 Å². The third kappa shape index (κ3) is 5.19. The third-order valence-corrected chi connectivity index (χ3v) is 4.37. The van der Waals surface area contributed by atoms with Crippen LogP contribution in [0.4, 0.5) is 0 Å². The molecule has 0 radical (unpaired) electrons. The Bertz CT molecular complexity index is 972. The summed E-state index contributed by atoms with van der Waals surface area (Å²) < 4.78 is 16.3. The highest BCUT2D eigenvalue weighted by molar-refractivity contribution is 5.96. The molecule has 3 aromatic rings. The highest BCUT2D eigenvalue weighted by Gasteiger charge is 2.13. The minimum Gasteiger partial charge on any atom is -0.507 e. The molecule has 0 saturated heterocycles. The molecule has 0 saturated carbocycles. The molecule has 2 N–H and O–H groups in total. The summed E-state index contributed by atoms with van der Waals surface area (Å²) in [6.07, 6.45) is 0. The monoisotopic (exact) mass is 393 g/mol. The molecule has 6 heteroatoms. The van der Waals surface area contributed by atoms with Crippen molar-refractivity contribution in [2.45, 2.75) is 13.2 Å². The van der Waals surface area contributed by atoms with Crippen LogP contribution in [-0.4, -0.2) is 25.2 Å². The van der Waals surface area contributed by atoms with Crippen LogP contribution in [0.3, 0.4) is 0 Å². The number of hydrogen-bond acceptors (Lipinski definition) is 5. The number of aromatic hydroxyl groups is 1. The van der Waals surface area contributed by atoms with Gasteiger partial charge in [0.25, 0.3) is 5.91 Å². The van der Waals surface area contributed by atoms with Crippen LogP contribution in [0.2, 0.25) is 0 Å². The lowest BCUT2D eigenvalue weighted by Crippen LogP contribution is -2.22. The molecule has 29 heavy (non-hydrogen) atoms. The topological polar surface area (TPSA) is 77.0 Å². The molecule has 0 aliphatic heterocycles. The SMILES string of the molecule is COc1ccc(C(=O)NCc2ccc(OCc3ccccc3)c(OC)c2)c(O)c1. The highest BCUT2D eigenvalue weighted by atomic mass is 16.5. The number of methoxy groups -OCH3 is 2. The van der Waals surface area contributed by atoms with E-state index in [-0.39, 0.29) is 23.8 Å². The van der Waals surface area contributed by atoms with Crippen molar-refractivity contribution in [1.29, 1.82) is 0 Å². The Hall–Kier alpha value is -3.67. The van der Waals surface area contributed by atoms with Crippen molar-refractivity contribution in [2.75, 3.05) is 14.2 Å². The Kier molecular flexibility index (Phi) is 6.58. The molecule has 0 bridgehead atoms. The van der Waals surface area contributed by atoms with Crippen molar-refractivity contribution in [1.82, 2.24) is 5.32 Å². The van der Waals surface area contributed by atoms with Gasteiger partial charge in [-0.05, 0) is 35.4 Å². The van der Waals surface area contributed by atoms with E-state index in [9.17, 15) is 9.90 Å². The first-order valence-electron chi connectivity index (χ1n) is 9.09. The first-order chi connectivity index (χ1) is 14.1. The van der Waals surface area contributed by atoms with E-state index in [0.29, 0.717) is 23.9 Å². The van der Waals surface area contributed by atoms with Crippen molar-refractivity contribution in [3.63, 3.8) is 0 Å². The van der Waals surface area contributed by atoms with Gasteiger partial charge in [-0.15, -0.1) is 0 Å². The van der Waals surface area contributed by atoms with E-state index < -0.39 is 0 Å². The fourth-order valence-electron chi connectivity index (χ4n) is 2.78. The fourth-order valence-corrected chi connectivity index (χ4v) is 2.78. The van der Waals surface area contributed by atoms with Crippen LogP contribution in [0.25, 0.3) is 0 Å². The minimum absolute atomic E-state index is 0.135. The predicted octanol–water partition coefficient (Wildman–Crippen LogP) is 3.92. The lowest BCUT2D eigenvalue weighted by Gasteiger charge is -2.13. The van der Waals surface area contributed by atoms with Gasteiger partial charge in [-0.2, -0.15) is 0 Å². The van der Waals surface area contributed by atoms with Crippen molar-refractivity contribution in [3.05, 3.63) is 83.4 Å². The lowest BCUT2D eigenvalue weighted by molar-refractivity contribution is 0.0948. The molecule has 150 valence electrons. The highest BCUT2D eigenvalue weighted by Crippen LogP contribution is 2.29. The zero-order valence-electron chi connectivity index (χ0n) is 16.3. The minimum atomic E-state index is -0.381. The second kappa shape index (κ2) is 9.50. The molecule has 0 aliphatic rings. The summed E-state index contributed by atoms with van der Waals surface area (Å²) in [4.78, 5) is 12.4. The van der Waals surface area contributed by atoms with E-state index in [4.69, 9.17) is 14.2 Å². The molecule has 3 rings (SSSR count). The fraction of sp³-hybridized carbons (Fsp3) is 0.174. The summed E-state index contributed by atoms with van der Waals surface area (Å²) >= 11 is 0. The van der Waals surface area contributed by atoms with Crippen LogP contribution in [0.15, 0.2) is 66.7 Å². The van der Waals surface area contributed by atoms with Crippen LogP contribution in [0.1, 0.15) is 21.5 Å². The van der Waals surface area contributed by atoms with Crippen LogP contribution >= 0.6 is 0 Å². The Morgan fingerprint density at radius 3 is 2.38 bits per heavy atom. The Morgan fingerprint density at radius 2 is 1.69 bits per heavy atom. The number of hydrogen-bond donors (Lipinski definition) is 2. The van der Waals surface area contributed by atoms with Gasteiger partial charge in [0, 0.05) is 12.6 Å². The van der Waals surface area contributed by atoms with Gasteiger partial charge in [0.15, 0.2) is 11.5 Å². The number of amides is 1. The molecule has 0 aromatic heterocycles. The van der Waals surface area contributed by atoms with E-state index >= 15 is 0 Å². The number of carbonyl (C=O) groups is 1. The van der Waals surface area contributed by atoms with Gasteiger partial charge in [0.1, 0.15) is 18.1 Å². The van der Waals surface area contributed by atoms with Gasteiger partial charge in [0.05, 0.1) is 19.8 Å². The van der Waals surface area contributed by atoms with E-state index in [1.165, 1.54) is 19.2 Å². The number of nitrogens with one attached hydrogen (secondary N) is 1. The smallest absolute Gasteiger partial charge is 0.255 e. The zero-order valence-corrected chi connectivity index (χ0v) is 16.3. The first kappa shape index (κ1) is 20.1. The summed E-state index contributed by atoms with van der Waals surface area (Å²) in [5, 5.41) is 12.8. The summed E-state index contributed by atoms with van der Waals surface area (Å²) in [6.45, 7) is 0.712. The van der Waals surface area contributed by atoms with Crippen molar-refractivity contribution in [2.24, 2.45) is 0 Å². The molecule has 1 amide bonds. The molecule has 0 unspecified atom stereocenters. The van der Waals surface area contributed by atoms with Crippen LogP contribution < -0.4 is 19.5 Å². The van der Waals surface area contributed by atoms with Crippen LogP contribution in [0.5, 0.6) is 23.0 Å². The second-order valence-electron chi connectivity index (χ2n) is 6.33. The number of ether oxygens (including phenoxy) is 3. The van der Waals surface area contributed by atoms with Crippen molar-refractivity contribution in [3.8, 4) is 23.0 Å². The molecule has 0 aliphatic carbocycles. The summed E-state index contributed by atoms with van der Waals surface area (Å²) in [6, 6.07) is 19.9. The maximum atomic E-state index is 12.4. The van der Waals surface area contributed by atoms with Gasteiger partial charge < -0.3 is 24.6 Å². The standard InChI is InChI=1S/C23H23NO5/c1-27-18-9-10-19(20(25)13-18)23(26)24-14-17-8-11-21(22(12-17)28-2)29-15-16-6-4-3-5-7-16/h3-13,25H,14-15H2,1-2H3,(H,24,26). The Balaban J connectivity index is 1.63. The van der Waals surface area contributed by atoms with Gasteiger partial charge >= 0.3 is 0 Å². The summed E-state index contributed by atoms with van der Waals surface area (Å²) in [5.41, 5.74) is 2.08. The Labute approximate surface area is 169 Å². The van der Waals surface area contributed by atoms with E-state index in [0.717, 1.165) is 11.1 Å². The normalized spacial score (nSPS) is 10.3. The number of rotatable bonds is 8. The van der Waals surface area contributed by atoms with E-state index in [2.05, 4.69) is 5.32 Å². The number of carbonyl (C=O) groups excluding carboxylic acids is 1.